The van der Waals surface area contributed by atoms with Crippen molar-refractivity contribution < 1.29 is 14.3 Å². The third-order valence-corrected chi connectivity index (χ3v) is 4.43. The smallest absolute Gasteiger partial charge is 0.334 e. The molecule has 23 heavy (non-hydrogen) atoms. The molecule has 0 atom stereocenters. The number of carbonyl (C=O) groups excluding carboxylic acids is 1. The zero-order chi connectivity index (χ0) is 16.4. The van der Waals surface area contributed by atoms with Crippen molar-refractivity contribution in [1.82, 2.24) is 0 Å². The lowest BCUT2D eigenvalue weighted by Crippen LogP contribution is -2.09. The highest BCUT2D eigenvalue weighted by Gasteiger charge is 2.28. The van der Waals surface area contributed by atoms with Crippen LogP contribution in [0.3, 0.4) is 0 Å². The first kappa shape index (κ1) is 15.8. The highest BCUT2D eigenvalue weighted by atomic mass is 79.9. The third-order valence-electron chi connectivity index (χ3n) is 3.91. The monoisotopic (exact) mass is 372 g/mol. The van der Waals surface area contributed by atoms with Crippen LogP contribution in [0.5, 0.6) is 5.75 Å². The van der Waals surface area contributed by atoms with E-state index < -0.39 is 0 Å². The second kappa shape index (κ2) is 6.59. The number of rotatable bonds is 4. The Morgan fingerprint density at radius 1 is 1.17 bits per heavy atom. The average molecular weight is 373 g/mol. The van der Waals surface area contributed by atoms with Gasteiger partial charge in [-0.2, -0.15) is 0 Å². The summed E-state index contributed by atoms with van der Waals surface area (Å²) in [5.41, 5.74) is 4.83. The topological polar surface area (TPSA) is 35.5 Å². The summed E-state index contributed by atoms with van der Waals surface area (Å²) in [6, 6.07) is 13.9. The molecule has 0 aromatic heterocycles. The minimum absolute atomic E-state index is 0.249. The van der Waals surface area contributed by atoms with Gasteiger partial charge in [-0.25, -0.2) is 4.79 Å². The first-order valence-corrected chi connectivity index (χ1v) is 8.26. The number of hydrogen-bond acceptors (Lipinski definition) is 3. The second-order valence-electron chi connectivity index (χ2n) is 5.28. The van der Waals surface area contributed by atoms with E-state index >= 15 is 0 Å². The quantitative estimate of drug-likeness (QED) is 0.747. The van der Waals surface area contributed by atoms with Crippen LogP contribution in [0.2, 0.25) is 0 Å². The van der Waals surface area contributed by atoms with Gasteiger partial charge in [-0.05, 0) is 53.5 Å². The Balaban J connectivity index is 2.13. The summed E-state index contributed by atoms with van der Waals surface area (Å²) in [6.45, 7) is 2.19. The van der Waals surface area contributed by atoms with Crippen LogP contribution < -0.4 is 4.74 Å². The van der Waals surface area contributed by atoms with Crippen molar-refractivity contribution >= 4 is 27.5 Å². The molecule has 0 aliphatic heterocycles. The molecule has 0 fully saturated rings. The van der Waals surface area contributed by atoms with Crippen molar-refractivity contribution in [3.8, 4) is 5.75 Å². The summed E-state index contributed by atoms with van der Waals surface area (Å²) in [6.07, 6.45) is 0.566. The maximum atomic E-state index is 12.4. The molecule has 0 amide bonds. The Labute approximate surface area is 144 Å². The van der Waals surface area contributed by atoms with E-state index in [-0.39, 0.29) is 5.97 Å². The number of fused-ring (bicyclic) bond motifs is 1. The maximum absolute atomic E-state index is 12.4. The molecule has 0 saturated heterocycles. The van der Waals surface area contributed by atoms with Gasteiger partial charge in [0.25, 0.3) is 0 Å². The van der Waals surface area contributed by atoms with Crippen LogP contribution in [0.25, 0.3) is 5.57 Å². The van der Waals surface area contributed by atoms with E-state index in [1.807, 2.05) is 49.4 Å². The van der Waals surface area contributed by atoms with Gasteiger partial charge in [0.15, 0.2) is 0 Å². The molecule has 0 spiro atoms. The highest BCUT2D eigenvalue weighted by molar-refractivity contribution is 9.10. The molecule has 4 heteroatoms. The van der Waals surface area contributed by atoms with Crippen LogP contribution >= 0.6 is 15.9 Å². The number of ether oxygens (including phenoxy) is 2. The molecule has 0 radical (unpaired) electrons. The molecule has 3 nitrogen and oxygen atoms in total. The summed E-state index contributed by atoms with van der Waals surface area (Å²) >= 11 is 3.45. The van der Waals surface area contributed by atoms with Gasteiger partial charge in [0.05, 0.1) is 13.7 Å². The summed E-state index contributed by atoms with van der Waals surface area (Å²) in [5, 5.41) is 0. The molecule has 3 rings (SSSR count). The van der Waals surface area contributed by atoms with Gasteiger partial charge in [0, 0.05) is 16.5 Å². The second-order valence-corrected chi connectivity index (χ2v) is 6.20. The van der Waals surface area contributed by atoms with Crippen LogP contribution in [-0.4, -0.2) is 19.7 Å². The minimum atomic E-state index is -0.249. The van der Waals surface area contributed by atoms with E-state index in [9.17, 15) is 4.79 Å². The van der Waals surface area contributed by atoms with E-state index in [0.29, 0.717) is 18.6 Å². The van der Waals surface area contributed by atoms with Gasteiger partial charge >= 0.3 is 5.97 Å². The maximum Gasteiger partial charge on any atom is 0.334 e. The van der Waals surface area contributed by atoms with E-state index in [1.54, 1.807) is 7.11 Å². The fraction of sp³-hybridized carbons (Fsp3) is 0.211. The van der Waals surface area contributed by atoms with E-state index in [2.05, 4.69) is 15.9 Å². The van der Waals surface area contributed by atoms with Crippen molar-refractivity contribution in [1.29, 1.82) is 0 Å². The highest BCUT2D eigenvalue weighted by Crippen LogP contribution is 2.39. The zero-order valence-electron chi connectivity index (χ0n) is 13.1. The molecule has 0 bridgehead atoms. The van der Waals surface area contributed by atoms with E-state index in [4.69, 9.17) is 9.47 Å². The summed E-state index contributed by atoms with van der Waals surface area (Å²) < 4.78 is 11.6. The van der Waals surface area contributed by atoms with Crippen LogP contribution in [0.4, 0.5) is 0 Å². The summed E-state index contributed by atoms with van der Waals surface area (Å²) in [7, 11) is 1.64. The Hall–Kier alpha value is -2.07. The number of hydrogen-bond donors (Lipinski definition) is 0. The minimum Gasteiger partial charge on any atom is -0.497 e. The standard InChI is InChI=1S/C19H17BrO3/c1-3-23-19(21)17-11-13-10-15(22-2)8-9-16(13)18(17)12-4-6-14(20)7-5-12/h4-10H,3,11H2,1-2H3. The lowest BCUT2D eigenvalue weighted by molar-refractivity contribution is -0.138. The van der Waals surface area contributed by atoms with Crippen LogP contribution in [0, 0.1) is 0 Å². The molecule has 0 N–H and O–H groups in total. The van der Waals surface area contributed by atoms with Gasteiger partial charge in [0.1, 0.15) is 5.75 Å². The summed E-state index contributed by atoms with van der Waals surface area (Å²) in [4.78, 5) is 12.4. The van der Waals surface area contributed by atoms with E-state index in [1.165, 1.54) is 0 Å². The van der Waals surface area contributed by atoms with Gasteiger partial charge < -0.3 is 9.47 Å². The average Bonchev–Trinajstić information content (AvgIpc) is 2.94. The van der Waals surface area contributed by atoms with Crippen LogP contribution in [-0.2, 0) is 16.0 Å². The fourth-order valence-electron chi connectivity index (χ4n) is 2.87. The number of carbonyl (C=O) groups is 1. The fourth-order valence-corrected chi connectivity index (χ4v) is 3.13. The third kappa shape index (κ3) is 3.04. The van der Waals surface area contributed by atoms with Crippen LogP contribution in [0.15, 0.2) is 52.5 Å². The first-order valence-electron chi connectivity index (χ1n) is 7.47. The number of halogens is 1. The van der Waals surface area contributed by atoms with Gasteiger partial charge in [0.2, 0.25) is 0 Å². The molecule has 0 unspecified atom stereocenters. The van der Waals surface area contributed by atoms with Crippen molar-refractivity contribution in [2.45, 2.75) is 13.3 Å². The molecular formula is C19H17BrO3. The van der Waals surface area contributed by atoms with Gasteiger partial charge in [-0.3, -0.25) is 0 Å². The van der Waals surface area contributed by atoms with E-state index in [0.717, 1.165) is 32.5 Å². The Morgan fingerprint density at radius 2 is 1.91 bits per heavy atom. The molecule has 0 heterocycles. The predicted molar refractivity (Wildman–Crippen MR) is 93.5 cm³/mol. The first-order chi connectivity index (χ1) is 11.1. The Kier molecular flexibility index (Phi) is 4.53. The normalized spacial score (nSPS) is 13.0. The Bertz CT molecular complexity index is 776. The molecule has 1 aliphatic carbocycles. The number of esters is 1. The van der Waals surface area contributed by atoms with Crippen LogP contribution in [0.1, 0.15) is 23.6 Å². The van der Waals surface area contributed by atoms with Gasteiger partial charge in [-0.15, -0.1) is 0 Å². The molecule has 0 saturated carbocycles. The summed E-state index contributed by atoms with van der Waals surface area (Å²) in [5.74, 6) is 0.546. The van der Waals surface area contributed by atoms with Gasteiger partial charge in [-0.1, -0.05) is 34.1 Å². The zero-order valence-corrected chi connectivity index (χ0v) is 14.6. The Morgan fingerprint density at radius 3 is 2.57 bits per heavy atom. The predicted octanol–water partition coefficient (Wildman–Crippen LogP) is 4.38. The lowest BCUT2D eigenvalue weighted by atomic mass is 9.97. The largest absolute Gasteiger partial charge is 0.497 e. The van der Waals surface area contributed by atoms with Crippen molar-refractivity contribution in [2.75, 3.05) is 13.7 Å². The SMILES string of the molecule is CCOC(=O)C1=C(c2ccc(Br)cc2)c2ccc(OC)cc2C1. The van der Waals surface area contributed by atoms with Crippen molar-refractivity contribution in [3.05, 3.63) is 69.2 Å². The lowest BCUT2D eigenvalue weighted by Gasteiger charge is -2.09. The molecule has 2 aromatic rings. The number of methoxy groups -OCH3 is 1. The van der Waals surface area contributed by atoms with Crippen molar-refractivity contribution in [2.24, 2.45) is 0 Å². The molecular weight excluding hydrogens is 356 g/mol. The van der Waals surface area contributed by atoms with Crippen molar-refractivity contribution in [3.63, 3.8) is 0 Å². The molecule has 2 aromatic carbocycles. The number of benzene rings is 2. The molecule has 1 aliphatic rings. The molecule has 118 valence electrons.